The Labute approximate surface area is 117 Å². The van der Waals surface area contributed by atoms with Gasteiger partial charge >= 0.3 is 0 Å². The summed E-state index contributed by atoms with van der Waals surface area (Å²) in [5.74, 6) is 0. The van der Waals surface area contributed by atoms with E-state index >= 15 is 0 Å². The van der Waals surface area contributed by atoms with Crippen molar-refractivity contribution in [1.82, 2.24) is 9.03 Å². The summed E-state index contributed by atoms with van der Waals surface area (Å²) in [6.07, 6.45) is 6.80. The third-order valence-corrected chi connectivity index (χ3v) is 5.48. The predicted molar refractivity (Wildman–Crippen MR) is 77.1 cm³/mol. The van der Waals surface area contributed by atoms with Gasteiger partial charge in [-0.25, -0.2) is 0 Å². The normalized spacial score (nSPS) is 23.4. The van der Waals surface area contributed by atoms with E-state index in [0.29, 0.717) is 6.54 Å². The van der Waals surface area contributed by atoms with E-state index in [1.165, 1.54) is 4.31 Å². The first-order valence-electron chi connectivity index (χ1n) is 7.41. The van der Waals surface area contributed by atoms with E-state index in [0.717, 1.165) is 44.9 Å². The Balaban J connectivity index is 2.53. The summed E-state index contributed by atoms with van der Waals surface area (Å²) in [6.45, 7) is 4.47. The number of piperidine rings is 1. The minimum Gasteiger partial charge on any atom is -0.395 e. The van der Waals surface area contributed by atoms with Crippen molar-refractivity contribution in [3.05, 3.63) is 0 Å². The maximum Gasteiger partial charge on any atom is 0.280 e. The largest absolute Gasteiger partial charge is 0.395 e. The van der Waals surface area contributed by atoms with E-state index in [4.69, 9.17) is 0 Å². The van der Waals surface area contributed by atoms with Gasteiger partial charge in [-0.05, 0) is 26.2 Å². The Morgan fingerprint density at radius 2 is 2.11 bits per heavy atom. The van der Waals surface area contributed by atoms with Crippen molar-refractivity contribution in [1.29, 1.82) is 0 Å². The molecule has 1 heterocycles. The van der Waals surface area contributed by atoms with E-state index in [1.54, 1.807) is 0 Å². The molecule has 0 saturated carbocycles. The molecule has 0 aromatic carbocycles. The molecule has 0 aliphatic carbocycles. The molecule has 2 atom stereocenters. The third-order valence-electron chi connectivity index (χ3n) is 3.68. The molecule has 0 radical (unpaired) electrons. The van der Waals surface area contributed by atoms with Gasteiger partial charge in [0.15, 0.2) is 0 Å². The zero-order valence-electron chi connectivity index (χ0n) is 12.1. The van der Waals surface area contributed by atoms with Crippen molar-refractivity contribution in [3.63, 3.8) is 0 Å². The lowest BCUT2D eigenvalue weighted by molar-refractivity contribution is 0.153. The lowest BCUT2D eigenvalue weighted by Gasteiger charge is -2.34. The Morgan fingerprint density at radius 1 is 1.37 bits per heavy atom. The number of nitrogens with one attached hydrogen (secondary N) is 1. The van der Waals surface area contributed by atoms with Crippen LogP contribution in [0.4, 0.5) is 0 Å². The van der Waals surface area contributed by atoms with Crippen LogP contribution in [0.15, 0.2) is 0 Å². The summed E-state index contributed by atoms with van der Waals surface area (Å²) in [6, 6.07) is -0.299. The highest BCUT2D eigenvalue weighted by Gasteiger charge is 2.32. The molecule has 0 aromatic heterocycles. The fourth-order valence-corrected chi connectivity index (χ4v) is 4.25. The number of hydrogen-bond acceptors (Lipinski definition) is 3. The molecule has 1 saturated heterocycles. The first kappa shape index (κ1) is 16.9. The molecule has 5 nitrogen and oxygen atoms in total. The Hall–Kier alpha value is -0.170. The lowest BCUT2D eigenvalue weighted by atomic mass is 10.1. The van der Waals surface area contributed by atoms with Gasteiger partial charge in [-0.1, -0.05) is 32.6 Å². The molecule has 114 valence electrons. The second kappa shape index (κ2) is 8.19. The Bertz CT molecular complexity index is 346. The molecule has 0 bridgehead atoms. The molecule has 0 spiro atoms. The number of aliphatic hydroxyl groups is 1. The van der Waals surface area contributed by atoms with Crippen LogP contribution in [0, 0.1) is 0 Å². The van der Waals surface area contributed by atoms with Crippen LogP contribution >= 0.6 is 0 Å². The minimum absolute atomic E-state index is 0.0437. The fraction of sp³-hybridized carbons (Fsp3) is 1.00. The summed E-state index contributed by atoms with van der Waals surface area (Å²) in [5.41, 5.74) is 0. The average Bonchev–Trinajstić information content (AvgIpc) is 2.38. The van der Waals surface area contributed by atoms with Crippen molar-refractivity contribution in [2.75, 3.05) is 13.2 Å². The van der Waals surface area contributed by atoms with E-state index in [9.17, 15) is 13.5 Å². The van der Waals surface area contributed by atoms with Crippen molar-refractivity contribution in [2.24, 2.45) is 0 Å². The summed E-state index contributed by atoms with van der Waals surface area (Å²) < 4.78 is 28.8. The van der Waals surface area contributed by atoms with Crippen LogP contribution in [0.2, 0.25) is 0 Å². The molecule has 0 aromatic rings. The predicted octanol–water partition coefficient (Wildman–Crippen LogP) is 1.64. The number of nitrogens with zero attached hydrogens (tertiary/aromatic N) is 1. The number of hydrogen-bond donors (Lipinski definition) is 2. The SMILES string of the molecule is CCCCCC(C)NS(=O)(=O)N1CCCCC1CO. The van der Waals surface area contributed by atoms with Gasteiger partial charge in [0, 0.05) is 18.6 Å². The standard InChI is InChI=1S/C13H28N2O3S/c1-3-4-5-8-12(2)14-19(17,18)15-10-7-6-9-13(15)11-16/h12-14,16H,3-11H2,1-2H3. The number of aliphatic hydroxyl groups excluding tert-OH is 1. The minimum atomic E-state index is -3.46. The Morgan fingerprint density at radius 3 is 2.74 bits per heavy atom. The lowest BCUT2D eigenvalue weighted by Crippen LogP contribution is -2.52. The van der Waals surface area contributed by atoms with Crippen LogP contribution in [-0.4, -0.2) is 43.1 Å². The van der Waals surface area contributed by atoms with Crippen LogP contribution in [0.25, 0.3) is 0 Å². The summed E-state index contributed by atoms with van der Waals surface area (Å²) in [7, 11) is -3.46. The molecular weight excluding hydrogens is 264 g/mol. The summed E-state index contributed by atoms with van der Waals surface area (Å²) >= 11 is 0. The monoisotopic (exact) mass is 292 g/mol. The quantitative estimate of drug-likeness (QED) is 0.668. The van der Waals surface area contributed by atoms with Crippen molar-refractivity contribution < 1.29 is 13.5 Å². The van der Waals surface area contributed by atoms with Crippen LogP contribution in [0.3, 0.4) is 0 Å². The average molecular weight is 292 g/mol. The maximum atomic E-state index is 12.3. The van der Waals surface area contributed by atoms with Crippen molar-refractivity contribution in [2.45, 2.75) is 70.9 Å². The molecule has 0 amide bonds. The van der Waals surface area contributed by atoms with Gasteiger partial charge in [-0.15, -0.1) is 0 Å². The molecular formula is C13H28N2O3S. The second-order valence-corrected chi connectivity index (χ2v) is 7.12. The van der Waals surface area contributed by atoms with Crippen LogP contribution in [0.5, 0.6) is 0 Å². The smallest absolute Gasteiger partial charge is 0.280 e. The second-order valence-electron chi connectivity index (χ2n) is 5.46. The van der Waals surface area contributed by atoms with E-state index in [-0.39, 0.29) is 18.7 Å². The van der Waals surface area contributed by atoms with Crippen molar-refractivity contribution >= 4 is 10.2 Å². The molecule has 2 N–H and O–H groups in total. The van der Waals surface area contributed by atoms with Gasteiger partial charge in [0.2, 0.25) is 0 Å². The Kier molecular flexibility index (Phi) is 7.28. The molecule has 1 rings (SSSR count). The van der Waals surface area contributed by atoms with Gasteiger partial charge in [0.05, 0.1) is 6.61 Å². The van der Waals surface area contributed by atoms with Gasteiger partial charge in [-0.2, -0.15) is 17.4 Å². The first-order chi connectivity index (χ1) is 9.01. The van der Waals surface area contributed by atoms with E-state index in [1.807, 2.05) is 6.92 Å². The summed E-state index contributed by atoms with van der Waals surface area (Å²) in [5, 5.41) is 9.30. The molecule has 1 aliphatic heterocycles. The van der Waals surface area contributed by atoms with E-state index < -0.39 is 10.2 Å². The molecule has 6 heteroatoms. The molecule has 19 heavy (non-hydrogen) atoms. The first-order valence-corrected chi connectivity index (χ1v) is 8.85. The van der Waals surface area contributed by atoms with Crippen LogP contribution < -0.4 is 4.72 Å². The fourth-order valence-electron chi connectivity index (χ4n) is 2.55. The molecule has 1 aliphatic rings. The molecule has 2 unspecified atom stereocenters. The van der Waals surface area contributed by atoms with Crippen LogP contribution in [-0.2, 0) is 10.2 Å². The maximum absolute atomic E-state index is 12.3. The number of unbranched alkanes of at least 4 members (excludes halogenated alkanes) is 2. The van der Waals surface area contributed by atoms with E-state index in [2.05, 4.69) is 11.6 Å². The summed E-state index contributed by atoms with van der Waals surface area (Å²) in [4.78, 5) is 0. The highest BCUT2D eigenvalue weighted by Crippen LogP contribution is 2.19. The van der Waals surface area contributed by atoms with Gasteiger partial charge < -0.3 is 5.11 Å². The van der Waals surface area contributed by atoms with Gasteiger partial charge in [0.25, 0.3) is 10.2 Å². The van der Waals surface area contributed by atoms with Crippen molar-refractivity contribution in [3.8, 4) is 0 Å². The van der Waals surface area contributed by atoms with Gasteiger partial charge in [-0.3, -0.25) is 0 Å². The zero-order chi connectivity index (χ0) is 14.3. The van der Waals surface area contributed by atoms with Gasteiger partial charge in [0.1, 0.15) is 0 Å². The zero-order valence-corrected chi connectivity index (χ0v) is 13.0. The third kappa shape index (κ3) is 5.38. The molecule has 1 fully saturated rings. The highest BCUT2D eigenvalue weighted by atomic mass is 32.2. The number of rotatable bonds is 8. The topological polar surface area (TPSA) is 69.6 Å². The highest BCUT2D eigenvalue weighted by molar-refractivity contribution is 7.87. The van der Waals surface area contributed by atoms with Crippen LogP contribution in [0.1, 0.15) is 58.8 Å².